The highest BCUT2D eigenvalue weighted by molar-refractivity contribution is 6.30. The molecule has 0 radical (unpaired) electrons. The van der Waals surface area contributed by atoms with Crippen molar-refractivity contribution < 1.29 is 9.53 Å². The summed E-state index contributed by atoms with van der Waals surface area (Å²) in [5.74, 6) is -0.278. The van der Waals surface area contributed by atoms with E-state index in [-0.39, 0.29) is 23.2 Å². The zero-order valence-electron chi connectivity index (χ0n) is 12.5. The Morgan fingerprint density at radius 1 is 1.15 bits per heavy atom. The smallest absolute Gasteiger partial charge is 0.338 e. The van der Waals surface area contributed by atoms with Crippen molar-refractivity contribution in [3.8, 4) is 0 Å². The van der Waals surface area contributed by atoms with E-state index in [2.05, 4.69) is 33.0 Å². The highest BCUT2D eigenvalue weighted by atomic mass is 35.5. The van der Waals surface area contributed by atoms with Crippen LogP contribution in [0.5, 0.6) is 0 Å². The summed E-state index contributed by atoms with van der Waals surface area (Å²) < 4.78 is 5.67. The lowest BCUT2D eigenvalue weighted by Gasteiger charge is -2.45. The van der Waals surface area contributed by atoms with Crippen LogP contribution in [-0.4, -0.2) is 23.2 Å². The molecule has 1 saturated heterocycles. The van der Waals surface area contributed by atoms with E-state index in [1.807, 2.05) is 0 Å². The van der Waals surface area contributed by atoms with Crippen molar-refractivity contribution >= 4 is 17.6 Å². The molecule has 4 heteroatoms. The van der Waals surface area contributed by atoms with Gasteiger partial charge in [0.15, 0.2) is 0 Å². The van der Waals surface area contributed by atoms with Crippen LogP contribution < -0.4 is 5.32 Å². The lowest BCUT2D eigenvalue weighted by atomic mass is 9.81. The molecule has 1 fully saturated rings. The molecule has 110 valence electrons. The van der Waals surface area contributed by atoms with Gasteiger partial charge in [-0.2, -0.15) is 0 Å². The number of carbonyl (C=O) groups is 1. The van der Waals surface area contributed by atoms with Crippen LogP contribution in [0.25, 0.3) is 0 Å². The minimum Gasteiger partial charge on any atom is -0.459 e. The first-order valence-corrected chi connectivity index (χ1v) is 7.31. The largest absolute Gasteiger partial charge is 0.459 e. The Labute approximate surface area is 125 Å². The van der Waals surface area contributed by atoms with Gasteiger partial charge in [0.05, 0.1) is 5.56 Å². The number of esters is 1. The summed E-state index contributed by atoms with van der Waals surface area (Å²) >= 11 is 5.82. The number of carbonyl (C=O) groups excluding carboxylic acids is 1. The van der Waals surface area contributed by atoms with E-state index in [0.717, 1.165) is 12.8 Å². The quantitative estimate of drug-likeness (QED) is 0.843. The maximum Gasteiger partial charge on any atom is 0.338 e. The average Bonchev–Trinajstić information content (AvgIpc) is 2.25. The number of piperidine rings is 1. The lowest BCUT2D eigenvalue weighted by Crippen LogP contribution is -2.59. The topological polar surface area (TPSA) is 38.3 Å². The third kappa shape index (κ3) is 3.97. The molecule has 0 amide bonds. The van der Waals surface area contributed by atoms with Gasteiger partial charge in [-0.25, -0.2) is 4.79 Å². The second-order valence-electron chi connectivity index (χ2n) is 6.84. The average molecular weight is 296 g/mol. The predicted molar refractivity (Wildman–Crippen MR) is 81.2 cm³/mol. The van der Waals surface area contributed by atoms with Crippen LogP contribution >= 0.6 is 11.6 Å². The molecule has 1 aromatic rings. The van der Waals surface area contributed by atoms with Gasteiger partial charge in [-0.05, 0) is 52.0 Å². The Bertz CT molecular complexity index is 478. The van der Waals surface area contributed by atoms with Crippen LogP contribution in [0, 0.1) is 0 Å². The Morgan fingerprint density at radius 3 is 2.15 bits per heavy atom. The fourth-order valence-corrected chi connectivity index (χ4v) is 3.24. The van der Waals surface area contributed by atoms with Crippen molar-refractivity contribution in [2.45, 2.75) is 57.7 Å². The van der Waals surface area contributed by atoms with Crippen LogP contribution in [0.4, 0.5) is 0 Å². The summed E-state index contributed by atoms with van der Waals surface area (Å²) in [5, 5.41) is 4.19. The van der Waals surface area contributed by atoms with Crippen molar-refractivity contribution in [2.75, 3.05) is 0 Å². The zero-order valence-corrected chi connectivity index (χ0v) is 13.3. The number of nitrogens with one attached hydrogen (secondary N) is 1. The minimum absolute atomic E-state index is 0.0350. The summed E-state index contributed by atoms with van der Waals surface area (Å²) in [5.41, 5.74) is 0.475. The summed E-state index contributed by atoms with van der Waals surface area (Å²) in [6.07, 6.45) is 1.57. The van der Waals surface area contributed by atoms with E-state index in [9.17, 15) is 4.79 Å². The maximum atomic E-state index is 12.2. The van der Waals surface area contributed by atoms with Gasteiger partial charge in [0.1, 0.15) is 6.10 Å². The number of benzene rings is 1. The molecule has 0 bridgehead atoms. The summed E-state index contributed by atoms with van der Waals surface area (Å²) in [4.78, 5) is 12.2. The van der Waals surface area contributed by atoms with Gasteiger partial charge in [0.25, 0.3) is 0 Å². The highest BCUT2D eigenvalue weighted by Crippen LogP contribution is 2.30. The Kier molecular flexibility index (Phi) is 4.12. The zero-order chi connectivity index (χ0) is 15.0. The molecule has 0 aliphatic carbocycles. The molecule has 0 saturated carbocycles. The van der Waals surface area contributed by atoms with E-state index < -0.39 is 0 Å². The fourth-order valence-electron chi connectivity index (χ4n) is 3.12. The molecule has 1 aliphatic heterocycles. The molecule has 1 N–H and O–H groups in total. The molecule has 1 heterocycles. The maximum absolute atomic E-state index is 12.2. The van der Waals surface area contributed by atoms with Gasteiger partial charge < -0.3 is 10.1 Å². The SMILES string of the molecule is CC1(C)CC(OC(=O)c2ccc(Cl)cc2)CC(C)(C)N1. The molecule has 0 spiro atoms. The van der Waals surface area contributed by atoms with Gasteiger partial charge in [-0.15, -0.1) is 0 Å². The van der Waals surface area contributed by atoms with E-state index in [4.69, 9.17) is 16.3 Å². The van der Waals surface area contributed by atoms with Crippen molar-refractivity contribution in [1.82, 2.24) is 5.32 Å². The first-order chi connectivity index (χ1) is 9.17. The minimum atomic E-state index is -0.278. The first-order valence-electron chi connectivity index (χ1n) is 6.93. The van der Waals surface area contributed by atoms with Gasteiger partial charge in [0.2, 0.25) is 0 Å². The summed E-state index contributed by atoms with van der Waals surface area (Å²) in [7, 11) is 0. The molecule has 3 nitrogen and oxygen atoms in total. The standard InChI is InChI=1S/C16H22ClNO2/c1-15(2)9-13(10-16(3,4)18-15)20-14(19)11-5-7-12(17)8-6-11/h5-8,13,18H,9-10H2,1-4H3. The molecule has 0 aromatic heterocycles. The third-order valence-electron chi connectivity index (χ3n) is 3.51. The molecule has 1 aliphatic rings. The van der Waals surface area contributed by atoms with Crippen molar-refractivity contribution in [2.24, 2.45) is 0 Å². The molecule has 2 rings (SSSR count). The van der Waals surface area contributed by atoms with Crippen molar-refractivity contribution in [3.63, 3.8) is 0 Å². The number of halogens is 1. The molecule has 1 aromatic carbocycles. The number of rotatable bonds is 2. The van der Waals surface area contributed by atoms with E-state index in [0.29, 0.717) is 10.6 Å². The summed E-state index contributed by atoms with van der Waals surface area (Å²) in [6, 6.07) is 6.80. The van der Waals surface area contributed by atoms with Crippen LogP contribution in [0.15, 0.2) is 24.3 Å². The van der Waals surface area contributed by atoms with Gasteiger partial charge in [-0.1, -0.05) is 11.6 Å². The van der Waals surface area contributed by atoms with E-state index in [1.165, 1.54) is 0 Å². The van der Waals surface area contributed by atoms with Crippen molar-refractivity contribution in [3.05, 3.63) is 34.9 Å². The molecular formula is C16H22ClNO2. The van der Waals surface area contributed by atoms with Crippen LogP contribution in [0.1, 0.15) is 50.9 Å². The first kappa shape index (κ1) is 15.3. The second kappa shape index (κ2) is 5.38. The van der Waals surface area contributed by atoms with Gasteiger partial charge in [-0.3, -0.25) is 0 Å². The molecule has 0 unspecified atom stereocenters. The highest BCUT2D eigenvalue weighted by Gasteiger charge is 2.39. The molecule has 0 atom stereocenters. The van der Waals surface area contributed by atoms with Crippen molar-refractivity contribution in [1.29, 1.82) is 0 Å². The normalized spacial score (nSPS) is 21.4. The lowest BCUT2D eigenvalue weighted by molar-refractivity contribution is -0.00637. The van der Waals surface area contributed by atoms with E-state index in [1.54, 1.807) is 24.3 Å². The third-order valence-corrected chi connectivity index (χ3v) is 3.76. The monoisotopic (exact) mass is 295 g/mol. The number of hydrogen-bond acceptors (Lipinski definition) is 3. The predicted octanol–water partition coefficient (Wildman–Crippen LogP) is 3.81. The Balaban J connectivity index is 2.05. The number of hydrogen-bond donors (Lipinski definition) is 1. The van der Waals surface area contributed by atoms with Crippen LogP contribution in [0.2, 0.25) is 5.02 Å². The molecule has 20 heavy (non-hydrogen) atoms. The number of ether oxygens (including phenoxy) is 1. The van der Waals surface area contributed by atoms with Gasteiger partial charge >= 0.3 is 5.97 Å². The Hall–Kier alpha value is -1.06. The second-order valence-corrected chi connectivity index (χ2v) is 7.27. The molecular weight excluding hydrogens is 274 g/mol. The van der Waals surface area contributed by atoms with Crippen LogP contribution in [-0.2, 0) is 4.74 Å². The van der Waals surface area contributed by atoms with Crippen LogP contribution in [0.3, 0.4) is 0 Å². The fraction of sp³-hybridized carbons (Fsp3) is 0.562. The Morgan fingerprint density at radius 2 is 1.65 bits per heavy atom. The summed E-state index contributed by atoms with van der Waals surface area (Å²) in [6.45, 7) is 8.54. The van der Waals surface area contributed by atoms with E-state index >= 15 is 0 Å². The van der Waals surface area contributed by atoms with Gasteiger partial charge in [0, 0.05) is 28.9 Å².